The van der Waals surface area contributed by atoms with E-state index in [-0.39, 0.29) is 31.5 Å². The van der Waals surface area contributed by atoms with Crippen LogP contribution in [-0.2, 0) is 4.79 Å². The number of rotatable bonds is 64. The first-order valence-electron chi connectivity index (χ1n) is 35.0. The molecule has 0 aromatic heterocycles. The van der Waals surface area contributed by atoms with Crippen molar-refractivity contribution in [1.82, 2.24) is 0 Å². The number of unbranched alkanes of at least 4 members (excludes halogenated alkanes) is 52. The van der Waals surface area contributed by atoms with Gasteiger partial charge in [-0.15, -0.1) is 0 Å². The summed E-state index contributed by atoms with van der Waals surface area (Å²) in [5.74, 6) is -0.316. The lowest BCUT2D eigenvalue weighted by Gasteiger charge is -2.53. The van der Waals surface area contributed by atoms with Gasteiger partial charge in [0, 0.05) is 6.42 Å². The van der Waals surface area contributed by atoms with Crippen molar-refractivity contribution in [3.63, 3.8) is 0 Å². The molecule has 0 saturated carbocycles. The minimum atomic E-state index is -2.13. The Balaban J connectivity index is 5.82. The van der Waals surface area contributed by atoms with Gasteiger partial charge < -0.3 is 20.4 Å². The first-order valence-corrected chi connectivity index (χ1v) is 35.0. The summed E-state index contributed by atoms with van der Waals surface area (Å²) in [6.07, 6.45) is 67.8. The van der Waals surface area contributed by atoms with Gasteiger partial charge in [0.1, 0.15) is 11.2 Å². The summed E-state index contributed by atoms with van der Waals surface area (Å²) in [7, 11) is 0. The van der Waals surface area contributed by atoms with Crippen molar-refractivity contribution in [3.8, 4) is 0 Å². The predicted molar refractivity (Wildman–Crippen MR) is 331 cm³/mol. The molecule has 0 aromatic carbocycles. The van der Waals surface area contributed by atoms with Crippen LogP contribution in [0.3, 0.4) is 0 Å². The molecule has 0 radical (unpaired) electrons. The summed E-state index contributed by atoms with van der Waals surface area (Å²) in [4.78, 5) is 14.8. The number of hydrogen-bond donors (Lipinski definition) is 4. The second kappa shape index (κ2) is 55.4. The third-order valence-corrected chi connectivity index (χ3v) is 18.0. The van der Waals surface area contributed by atoms with Gasteiger partial charge in [-0.1, -0.05) is 381 Å². The molecule has 4 N–H and O–H groups in total. The van der Waals surface area contributed by atoms with Crippen molar-refractivity contribution in [2.24, 2.45) is 0 Å². The smallest absolute Gasteiger partial charge is 0.167 e. The van der Waals surface area contributed by atoms with E-state index in [1.807, 2.05) is 0 Å². The van der Waals surface area contributed by atoms with Crippen LogP contribution in [0.15, 0.2) is 0 Å². The number of hydrogen-bond acceptors (Lipinski definition) is 5. The summed E-state index contributed by atoms with van der Waals surface area (Å²) in [5.41, 5.74) is -6.24. The molecule has 0 aliphatic carbocycles. The third-order valence-electron chi connectivity index (χ3n) is 18.0. The lowest BCUT2D eigenvalue weighted by atomic mass is 9.61. The molecule has 0 unspecified atom stereocenters. The summed E-state index contributed by atoms with van der Waals surface area (Å²) < 4.78 is 0. The lowest BCUT2D eigenvalue weighted by Crippen LogP contribution is -2.73. The van der Waals surface area contributed by atoms with Gasteiger partial charge in [0.2, 0.25) is 0 Å². The number of carbonyl (C=O) groups is 1. The number of aliphatic hydroxyl groups is 4. The first-order chi connectivity index (χ1) is 36.6. The van der Waals surface area contributed by atoms with Crippen LogP contribution in [0.5, 0.6) is 0 Å². The molecule has 4 atom stereocenters. The van der Waals surface area contributed by atoms with Gasteiger partial charge >= 0.3 is 0 Å². The molecule has 0 fully saturated rings. The Morgan fingerprint density at radius 1 is 0.280 bits per heavy atom. The highest BCUT2D eigenvalue weighted by molar-refractivity contribution is 5.89. The van der Waals surface area contributed by atoms with Gasteiger partial charge in [-0.25, -0.2) is 0 Å². The fraction of sp³-hybridized carbons (Fsp3) is 0.986. The van der Waals surface area contributed by atoms with Crippen LogP contribution >= 0.6 is 0 Å². The standard InChI is InChI=1S/C70H140O5/c1-6-10-14-18-22-26-30-34-38-42-46-50-54-58-62-67(72)69(74,64-60-56-52-48-44-40-36-32-28-24-20-16-12-8-3)70(75,65-61-57-53-49-45-41-37-33-29-25-21-17-13-9-4)68(73,66(5)71)63-59-55-51-47-43-39-35-31-27-23-19-15-11-7-2/h66,71,73-75H,6-65H2,1-5H3/t66-,68-,69-,70+/m0/s1. The molecule has 5 heteroatoms. The predicted octanol–water partition coefficient (Wildman–Crippen LogP) is 22.6. The van der Waals surface area contributed by atoms with Gasteiger partial charge in [0.25, 0.3) is 0 Å². The minimum absolute atomic E-state index is 0.130. The van der Waals surface area contributed by atoms with Gasteiger partial charge in [-0.05, 0) is 32.6 Å². The zero-order valence-electron chi connectivity index (χ0n) is 52.2. The van der Waals surface area contributed by atoms with Crippen LogP contribution in [0.25, 0.3) is 0 Å². The summed E-state index contributed by atoms with van der Waals surface area (Å²) in [6.45, 7) is 10.7. The Kier molecular flexibility index (Phi) is 55.1. The van der Waals surface area contributed by atoms with Crippen molar-refractivity contribution < 1.29 is 25.2 Å². The van der Waals surface area contributed by atoms with Crippen LogP contribution in [0.4, 0.5) is 0 Å². The summed E-state index contributed by atoms with van der Waals surface area (Å²) >= 11 is 0. The SMILES string of the molecule is CCCCCCCCCCCCCCCCC(=O)[C@@](O)(CCCCCCCCCCCCCCCC)[C@@](O)(CCCCCCCCCCCCCCCC)[C@](O)(CCCCCCCCCCCCCCCC)[C@H](C)O. The van der Waals surface area contributed by atoms with Crippen LogP contribution in [0.2, 0.25) is 0 Å². The molecule has 0 saturated heterocycles. The molecule has 75 heavy (non-hydrogen) atoms. The van der Waals surface area contributed by atoms with Gasteiger partial charge in [0.15, 0.2) is 11.4 Å². The molecule has 0 amide bonds. The van der Waals surface area contributed by atoms with Crippen LogP contribution in [0, 0.1) is 0 Å². The fourth-order valence-electron chi connectivity index (χ4n) is 12.5. The highest BCUT2D eigenvalue weighted by Crippen LogP contribution is 2.46. The normalized spacial score (nSPS) is 14.8. The average Bonchev–Trinajstić information content (AvgIpc) is 3.40. The quantitative estimate of drug-likeness (QED) is 0.0455. The van der Waals surface area contributed by atoms with Crippen molar-refractivity contribution >= 4 is 5.78 Å². The Morgan fingerprint density at radius 2 is 0.467 bits per heavy atom. The molecule has 0 aromatic rings. The molecule has 0 aliphatic heterocycles. The van der Waals surface area contributed by atoms with E-state index in [2.05, 4.69) is 27.7 Å². The van der Waals surface area contributed by atoms with Gasteiger partial charge in [-0.2, -0.15) is 0 Å². The van der Waals surface area contributed by atoms with Crippen LogP contribution in [0.1, 0.15) is 420 Å². The van der Waals surface area contributed by atoms with Crippen molar-refractivity contribution in [2.75, 3.05) is 0 Å². The molecule has 0 spiro atoms. The molecular formula is C70H140O5. The Hall–Kier alpha value is -0.490. The molecule has 450 valence electrons. The largest absolute Gasteiger partial charge is 0.390 e. The van der Waals surface area contributed by atoms with E-state index in [0.717, 1.165) is 70.6 Å². The van der Waals surface area contributed by atoms with Crippen LogP contribution < -0.4 is 0 Å². The molecule has 5 nitrogen and oxygen atoms in total. The Labute approximate surface area is 471 Å². The zero-order chi connectivity index (χ0) is 55.1. The second-order valence-corrected chi connectivity index (χ2v) is 25.1. The molecular weight excluding hydrogens is 921 g/mol. The maximum absolute atomic E-state index is 14.8. The number of ketones is 1. The Bertz CT molecular complexity index is 1140. The summed E-state index contributed by atoms with van der Waals surface area (Å²) in [5, 5.41) is 51.0. The van der Waals surface area contributed by atoms with E-state index < -0.39 is 22.9 Å². The highest BCUT2D eigenvalue weighted by Gasteiger charge is 2.65. The maximum atomic E-state index is 14.8. The monoisotopic (exact) mass is 1060 g/mol. The molecule has 0 heterocycles. The van der Waals surface area contributed by atoms with E-state index in [4.69, 9.17) is 0 Å². The second-order valence-electron chi connectivity index (χ2n) is 25.1. The first kappa shape index (κ1) is 74.5. The maximum Gasteiger partial charge on any atom is 0.167 e. The van der Waals surface area contributed by atoms with E-state index in [9.17, 15) is 25.2 Å². The van der Waals surface area contributed by atoms with Crippen molar-refractivity contribution in [1.29, 1.82) is 0 Å². The third kappa shape index (κ3) is 40.4. The van der Waals surface area contributed by atoms with Crippen molar-refractivity contribution in [2.45, 2.75) is 443 Å². The van der Waals surface area contributed by atoms with Gasteiger partial charge in [0.05, 0.1) is 6.10 Å². The van der Waals surface area contributed by atoms with Crippen LogP contribution in [-0.4, -0.2) is 49.1 Å². The summed E-state index contributed by atoms with van der Waals surface area (Å²) in [6, 6.07) is 0. The van der Waals surface area contributed by atoms with E-state index in [1.165, 1.54) is 263 Å². The number of Topliss-reactive ketones (excluding diaryl/α,β-unsaturated/α-hetero) is 1. The highest BCUT2D eigenvalue weighted by atomic mass is 16.4. The number of aliphatic hydroxyl groups excluding tert-OH is 1. The van der Waals surface area contributed by atoms with E-state index in [1.54, 1.807) is 6.92 Å². The van der Waals surface area contributed by atoms with Crippen molar-refractivity contribution in [3.05, 3.63) is 0 Å². The van der Waals surface area contributed by atoms with E-state index >= 15 is 0 Å². The Morgan fingerprint density at radius 3 is 0.693 bits per heavy atom. The topological polar surface area (TPSA) is 98.0 Å². The average molecular weight is 1060 g/mol. The molecule has 0 rings (SSSR count). The lowest BCUT2D eigenvalue weighted by molar-refractivity contribution is -0.272. The zero-order valence-corrected chi connectivity index (χ0v) is 52.2. The fourth-order valence-corrected chi connectivity index (χ4v) is 12.5. The molecule has 0 bridgehead atoms. The van der Waals surface area contributed by atoms with Gasteiger partial charge in [-0.3, -0.25) is 4.79 Å². The number of carbonyl (C=O) groups excluding carboxylic acids is 1. The minimum Gasteiger partial charge on any atom is -0.390 e. The van der Waals surface area contributed by atoms with E-state index in [0.29, 0.717) is 25.7 Å². The molecule has 0 aliphatic rings.